The van der Waals surface area contributed by atoms with Crippen LogP contribution in [-0.4, -0.2) is 44.1 Å². The predicted molar refractivity (Wildman–Crippen MR) is 99.8 cm³/mol. The molecule has 3 aromatic rings. The van der Waals surface area contributed by atoms with Gasteiger partial charge in [-0.15, -0.1) is 0 Å². The van der Waals surface area contributed by atoms with E-state index in [0.29, 0.717) is 18.5 Å². The molecule has 0 saturated heterocycles. The van der Waals surface area contributed by atoms with Crippen molar-refractivity contribution in [3.05, 3.63) is 48.2 Å². The number of hydrogen-bond donors (Lipinski definition) is 3. The third-order valence-electron chi connectivity index (χ3n) is 4.67. The number of fused-ring (bicyclic) bond motifs is 1. The van der Waals surface area contributed by atoms with Gasteiger partial charge in [-0.05, 0) is 37.8 Å². The number of anilines is 1. The smallest absolute Gasteiger partial charge is 0.298 e. The molecule has 0 aliphatic heterocycles. The molecule has 0 spiro atoms. The van der Waals surface area contributed by atoms with Gasteiger partial charge in [0.15, 0.2) is 5.65 Å². The Hall–Kier alpha value is -2.75. The van der Waals surface area contributed by atoms with Gasteiger partial charge in [0.2, 0.25) is 0 Å². The van der Waals surface area contributed by atoms with Crippen LogP contribution in [-0.2, 0) is 5.92 Å². The minimum Gasteiger partial charge on any atom is -0.390 e. The average molecular weight is 411 g/mol. The van der Waals surface area contributed by atoms with E-state index < -0.39 is 30.1 Å². The first-order valence-corrected chi connectivity index (χ1v) is 9.19. The maximum absolute atomic E-state index is 13.3. The van der Waals surface area contributed by atoms with Crippen molar-refractivity contribution in [3.63, 3.8) is 0 Å². The molecule has 1 aromatic carbocycles. The van der Waals surface area contributed by atoms with E-state index in [-0.39, 0.29) is 6.04 Å². The Labute approximate surface area is 164 Å². The van der Waals surface area contributed by atoms with Crippen molar-refractivity contribution in [2.45, 2.75) is 43.8 Å². The van der Waals surface area contributed by atoms with Crippen molar-refractivity contribution in [3.8, 4) is 0 Å². The van der Waals surface area contributed by atoms with Gasteiger partial charge in [0, 0.05) is 6.04 Å². The highest BCUT2D eigenvalue weighted by molar-refractivity contribution is 5.85. The molecule has 1 aliphatic carbocycles. The molecule has 156 valence electrons. The van der Waals surface area contributed by atoms with Gasteiger partial charge in [-0.2, -0.15) is 13.9 Å². The number of aliphatic hydroxyl groups excluding tert-OH is 1. The summed E-state index contributed by atoms with van der Waals surface area (Å²) in [6.45, 7) is -1.38. The highest BCUT2D eigenvalue weighted by Crippen LogP contribution is 2.29. The van der Waals surface area contributed by atoms with Crippen LogP contribution in [0, 0.1) is 5.82 Å². The normalized spacial score (nSPS) is 19.5. The van der Waals surface area contributed by atoms with E-state index >= 15 is 0 Å². The second kappa shape index (κ2) is 9.17. The van der Waals surface area contributed by atoms with Crippen LogP contribution in [0.5, 0.6) is 0 Å². The molecule has 1 fully saturated rings. The van der Waals surface area contributed by atoms with Crippen molar-refractivity contribution in [2.24, 2.45) is 0 Å². The Kier molecular flexibility index (Phi) is 6.63. The molecule has 1 aliphatic rings. The van der Waals surface area contributed by atoms with E-state index in [4.69, 9.17) is 5.11 Å². The van der Waals surface area contributed by atoms with Crippen LogP contribution in [0.25, 0.3) is 11.0 Å². The molecule has 2 heterocycles. The van der Waals surface area contributed by atoms with Gasteiger partial charge in [-0.25, -0.2) is 18.7 Å². The number of benzene rings is 1. The SMILES string of the molecule is FC1CCCC(Nc2ncnc3[nH]ncc23)C1.OCC(F)(F)c1ccccc1F. The van der Waals surface area contributed by atoms with E-state index in [2.05, 4.69) is 25.5 Å². The molecular weight excluding hydrogens is 390 g/mol. The Balaban J connectivity index is 0.000000177. The predicted octanol–water partition coefficient (Wildman–Crippen LogP) is 3.96. The maximum Gasteiger partial charge on any atom is 0.298 e. The van der Waals surface area contributed by atoms with E-state index in [9.17, 15) is 17.6 Å². The summed E-state index contributed by atoms with van der Waals surface area (Å²) >= 11 is 0. The summed E-state index contributed by atoms with van der Waals surface area (Å²) in [5.74, 6) is -3.76. The zero-order chi connectivity index (χ0) is 20.9. The lowest BCUT2D eigenvalue weighted by Gasteiger charge is -2.25. The molecule has 0 amide bonds. The van der Waals surface area contributed by atoms with Crippen LogP contribution >= 0.6 is 0 Å². The highest BCUT2D eigenvalue weighted by atomic mass is 19.3. The topological polar surface area (TPSA) is 86.7 Å². The number of aromatic nitrogens is 4. The number of hydrogen-bond acceptors (Lipinski definition) is 5. The van der Waals surface area contributed by atoms with Gasteiger partial charge in [0.1, 0.15) is 30.7 Å². The fourth-order valence-electron chi connectivity index (χ4n) is 3.18. The van der Waals surface area contributed by atoms with Gasteiger partial charge >= 0.3 is 0 Å². The van der Waals surface area contributed by atoms with Crippen LogP contribution in [0.15, 0.2) is 36.8 Å². The number of halogens is 4. The summed E-state index contributed by atoms with van der Waals surface area (Å²) in [6, 6.07) is 4.64. The number of nitrogens with zero attached hydrogens (tertiary/aromatic N) is 3. The summed E-state index contributed by atoms with van der Waals surface area (Å²) in [5.41, 5.74) is -0.0670. The van der Waals surface area contributed by atoms with Crippen molar-refractivity contribution in [1.82, 2.24) is 20.2 Å². The molecule has 1 saturated carbocycles. The summed E-state index contributed by atoms with van der Waals surface area (Å²) in [6.07, 6.45) is 5.64. The van der Waals surface area contributed by atoms with Gasteiger partial charge in [-0.3, -0.25) is 5.10 Å². The molecule has 4 rings (SSSR count). The summed E-state index contributed by atoms with van der Waals surface area (Å²) < 4.78 is 51.3. The lowest BCUT2D eigenvalue weighted by molar-refractivity contribution is -0.0582. The summed E-state index contributed by atoms with van der Waals surface area (Å²) in [7, 11) is 0. The zero-order valence-corrected chi connectivity index (χ0v) is 15.5. The lowest BCUT2D eigenvalue weighted by atomic mass is 9.94. The van der Waals surface area contributed by atoms with Crippen molar-refractivity contribution >= 4 is 16.9 Å². The number of H-pyrrole nitrogens is 1. The Morgan fingerprint density at radius 2 is 2.00 bits per heavy atom. The standard InChI is InChI=1S/C11H14FN5.C8H7F3O/c12-7-2-1-3-8(4-7)16-10-9-5-15-17-11(9)14-6-13-10;9-7-4-2-1-3-6(7)8(10,11)5-12/h5-8H,1-4H2,(H2,13,14,15,16,17);1-4,12H,5H2. The quantitative estimate of drug-likeness (QED) is 0.566. The van der Waals surface area contributed by atoms with Crippen LogP contribution in [0.1, 0.15) is 31.2 Å². The van der Waals surface area contributed by atoms with E-state index in [0.717, 1.165) is 36.2 Å². The van der Waals surface area contributed by atoms with Crippen molar-refractivity contribution in [2.75, 3.05) is 11.9 Å². The number of aromatic amines is 1. The third-order valence-corrected chi connectivity index (χ3v) is 4.67. The molecule has 6 nitrogen and oxygen atoms in total. The average Bonchev–Trinajstić information content (AvgIpc) is 3.19. The summed E-state index contributed by atoms with van der Waals surface area (Å²) in [5, 5.41) is 19.1. The Bertz CT molecular complexity index is 936. The van der Waals surface area contributed by atoms with Crippen LogP contribution in [0.3, 0.4) is 0 Å². The van der Waals surface area contributed by atoms with Gasteiger partial charge in [0.05, 0.1) is 17.1 Å². The first kappa shape index (κ1) is 21.0. The lowest BCUT2D eigenvalue weighted by Crippen LogP contribution is -2.28. The highest BCUT2D eigenvalue weighted by Gasteiger charge is 2.33. The molecule has 3 N–H and O–H groups in total. The number of aliphatic hydroxyl groups is 1. The number of rotatable bonds is 4. The first-order valence-electron chi connectivity index (χ1n) is 9.19. The molecule has 2 atom stereocenters. The zero-order valence-electron chi connectivity index (χ0n) is 15.5. The Morgan fingerprint density at radius 1 is 1.21 bits per heavy atom. The van der Waals surface area contributed by atoms with E-state index in [1.807, 2.05) is 0 Å². The minimum atomic E-state index is -3.49. The summed E-state index contributed by atoms with van der Waals surface area (Å²) in [4.78, 5) is 8.26. The molecule has 0 radical (unpaired) electrons. The minimum absolute atomic E-state index is 0.159. The molecule has 29 heavy (non-hydrogen) atoms. The second-order valence-corrected chi connectivity index (χ2v) is 6.80. The van der Waals surface area contributed by atoms with E-state index in [1.165, 1.54) is 18.5 Å². The van der Waals surface area contributed by atoms with Crippen LogP contribution in [0.2, 0.25) is 0 Å². The van der Waals surface area contributed by atoms with Gasteiger partial charge in [-0.1, -0.05) is 12.1 Å². The van der Waals surface area contributed by atoms with Crippen molar-refractivity contribution in [1.29, 1.82) is 0 Å². The first-order chi connectivity index (χ1) is 13.9. The molecule has 2 unspecified atom stereocenters. The van der Waals surface area contributed by atoms with Crippen molar-refractivity contribution < 1.29 is 22.7 Å². The van der Waals surface area contributed by atoms with Crippen LogP contribution < -0.4 is 5.32 Å². The fourth-order valence-corrected chi connectivity index (χ4v) is 3.18. The number of alkyl halides is 3. The van der Waals surface area contributed by atoms with Gasteiger partial charge in [0.25, 0.3) is 5.92 Å². The third kappa shape index (κ3) is 5.20. The van der Waals surface area contributed by atoms with E-state index in [1.54, 1.807) is 6.20 Å². The monoisotopic (exact) mass is 411 g/mol. The second-order valence-electron chi connectivity index (χ2n) is 6.80. The Morgan fingerprint density at radius 3 is 2.72 bits per heavy atom. The van der Waals surface area contributed by atoms with Gasteiger partial charge < -0.3 is 10.4 Å². The van der Waals surface area contributed by atoms with Crippen LogP contribution in [0.4, 0.5) is 23.4 Å². The molecule has 0 bridgehead atoms. The molecular formula is C19H21F4N5O. The largest absolute Gasteiger partial charge is 0.390 e. The molecule has 2 aromatic heterocycles. The number of nitrogens with one attached hydrogen (secondary N) is 2. The fraction of sp³-hybridized carbons (Fsp3) is 0.421. The molecule has 10 heteroatoms. The maximum atomic E-state index is 13.3.